The predicted molar refractivity (Wildman–Crippen MR) is 88.4 cm³/mol. The van der Waals surface area contributed by atoms with Crippen molar-refractivity contribution in [2.45, 2.75) is 6.92 Å². The smallest absolute Gasteiger partial charge is 0.317 e. The van der Waals surface area contributed by atoms with Crippen LogP contribution in [-0.4, -0.2) is 93.4 Å². The number of carboxylic acids is 4. The highest BCUT2D eigenvalue weighted by atomic mass is 16.4. The Morgan fingerprint density at radius 1 is 0.760 bits per heavy atom. The SMILES string of the molecule is C=CC=CC.O=C(O)CN(CCN(CC(=O)O)CC(=O)O)CC(=O)O. The topological polar surface area (TPSA) is 156 Å². The van der Waals surface area contributed by atoms with Gasteiger partial charge in [-0.25, -0.2) is 0 Å². The third-order valence-corrected chi connectivity index (χ3v) is 2.50. The highest BCUT2D eigenvalue weighted by Crippen LogP contribution is 1.94. The van der Waals surface area contributed by atoms with Crippen molar-refractivity contribution in [2.75, 3.05) is 39.3 Å². The minimum Gasteiger partial charge on any atom is -0.480 e. The molecule has 10 nitrogen and oxygen atoms in total. The van der Waals surface area contributed by atoms with E-state index in [0.29, 0.717) is 0 Å². The molecule has 0 amide bonds. The average Bonchev–Trinajstić information content (AvgIpc) is 2.43. The van der Waals surface area contributed by atoms with Gasteiger partial charge < -0.3 is 20.4 Å². The molecule has 0 atom stereocenters. The van der Waals surface area contributed by atoms with Crippen LogP contribution >= 0.6 is 0 Å². The summed E-state index contributed by atoms with van der Waals surface area (Å²) in [7, 11) is 0. The summed E-state index contributed by atoms with van der Waals surface area (Å²) in [5, 5.41) is 34.5. The maximum atomic E-state index is 10.6. The molecule has 0 saturated carbocycles. The van der Waals surface area contributed by atoms with Crippen molar-refractivity contribution in [3.63, 3.8) is 0 Å². The van der Waals surface area contributed by atoms with Crippen molar-refractivity contribution >= 4 is 23.9 Å². The van der Waals surface area contributed by atoms with Crippen molar-refractivity contribution in [1.29, 1.82) is 0 Å². The molecule has 0 unspecified atom stereocenters. The predicted octanol–water partition coefficient (Wildman–Crippen LogP) is -0.323. The molecule has 0 spiro atoms. The molecule has 0 fully saturated rings. The fraction of sp³-hybridized carbons (Fsp3) is 0.467. The van der Waals surface area contributed by atoms with Crippen molar-refractivity contribution in [3.8, 4) is 0 Å². The van der Waals surface area contributed by atoms with Gasteiger partial charge in [-0.15, -0.1) is 0 Å². The maximum Gasteiger partial charge on any atom is 0.317 e. The summed E-state index contributed by atoms with van der Waals surface area (Å²) in [6.07, 6.45) is 5.58. The summed E-state index contributed by atoms with van der Waals surface area (Å²) in [5.74, 6) is -4.91. The first kappa shape index (κ1) is 24.5. The van der Waals surface area contributed by atoms with Crippen molar-refractivity contribution < 1.29 is 39.6 Å². The molecule has 0 aromatic rings. The highest BCUT2D eigenvalue weighted by molar-refractivity contribution is 5.73. The summed E-state index contributed by atoms with van der Waals surface area (Å²) in [6, 6.07) is 0. The molecule has 10 heteroatoms. The van der Waals surface area contributed by atoms with Crippen molar-refractivity contribution in [2.24, 2.45) is 0 Å². The van der Waals surface area contributed by atoms with Crippen molar-refractivity contribution in [1.82, 2.24) is 9.80 Å². The quantitative estimate of drug-likeness (QED) is 0.340. The minimum absolute atomic E-state index is 0.0703. The summed E-state index contributed by atoms with van der Waals surface area (Å²) in [6.45, 7) is 3.17. The Kier molecular flexibility index (Phi) is 14.6. The minimum atomic E-state index is -1.23. The number of carbonyl (C=O) groups is 4. The van der Waals surface area contributed by atoms with E-state index in [-0.39, 0.29) is 13.1 Å². The van der Waals surface area contributed by atoms with Gasteiger partial charge in [0.15, 0.2) is 0 Å². The Balaban J connectivity index is 0. The molecule has 0 heterocycles. The summed E-state index contributed by atoms with van der Waals surface area (Å²) in [4.78, 5) is 44.4. The lowest BCUT2D eigenvalue weighted by Crippen LogP contribution is -2.43. The van der Waals surface area contributed by atoms with E-state index >= 15 is 0 Å². The molecule has 0 bridgehead atoms. The maximum absolute atomic E-state index is 10.6. The Labute approximate surface area is 145 Å². The number of carboxylic acid groups (broad SMARTS) is 4. The Morgan fingerprint density at radius 3 is 1.16 bits per heavy atom. The fourth-order valence-corrected chi connectivity index (χ4v) is 1.61. The molecular formula is C15H24N2O8. The van der Waals surface area contributed by atoms with Crippen LogP contribution in [0.15, 0.2) is 24.8 Å². The molecule has 0 aliphatic heterocycles. The van der Waals surface area contributed by atoms with Gasteiger partial charge in [0.25, 0.3) is 0 Å². The molecule has 0 aromatic heterocycles. The van der Waals surface area contributed by atoms with E-state index in [0.717, 1.165) is 9.80 Å². The van der Waals surface area contributed by atoms with Gasteiger partial charge in [-0.3, -0.25) is 29.0 Å². The molecule has 25 heavy (non-hydrogen) atoms. The zero-order chi connectivity index (χ0) is 19.8. The first-order valence-corrected chi connectivity index (χ1v) is 7.17. The Bertz CT molecular complexity index is 422. The van der Waals surface area contributed by atoms with Crippen LogP contribution in [0.25, 0.3) is 0 Å². The van der Waals surface area contributed by atoms with Crippen LogP contribution < -0.4 is 0 Å². The van der Waals surface area contributed by atoms with E-state index in [1.807, 2.05) is 19.1 Å². The molecule has 0 saturated heterocycles. The molecule has 142 valence electrons. The van der Waals surface area contributed by atoms with E-state index in [4.69, 9.17) is 20.4 Å². The zero-order valence-electron chi connectivity index (χ0n) is 14.0. The van der Waals surface area contributed by atoms with Crippen LogP contribution in [0.2, 0.25) is 0 Å². The van der Waals surface area contributed by atoms with Gasteiger partial charge in [0.1, 0.15) is 0 Å². The monoisotopic (exact) mass is 360 g/mol. The van der Waals surface area contributed by atoms with Crippen LogP contribution in [0.3, 0.4) is 0 Å². The van der Waals surface area contributed by atoms with Crippen LogP contribution in [-0.2, 0) is 19.2 Å². The first-order chi connectivity index (χ1) is 11.6. The number of allylic oxidation sites excluding steroid dienone is 3. The lowest BCUT2D eigenvalue weighted by molar-refractivity contribution is -0.145. The lowest BCUT2D eigenvalue weighted by atomic mass is 10.4. The largest absolute Gasteiger partial charge is 0.480 e. The van der Waals surface area contributed by atoms with Crippen LogP contribution in [0.1, 0.15) is 6.92 Å². The molecule has 0 radical (unpaired) electrons. The third kappa shape index (κ3) is 19.2. The number of nitrogens with zero attached hydrogens (tertiary/aromatic N) is 2. The summed E-state index contributed by atoms with van der Waals surface area (Å²) in [5.41, 5.74) is 0. The number of rotatable bonds is 12. The lowest BCUT2D eigenvalue weighted by Gasteiger charge is -2.23. The number of aliphatic carboxylic acids is 4. The molecule has 0 aliphatic carbocycles. The second-order valence-corrected chi connectivity index (χ2v) is 4.76. The van der Waals surface area contributed by atoms with Crippen molar-refractivity contribution in [3.05, 3.63) is 24.8 Å². The fourth-order valence-electron chi connectivity index (χ4n) is 1.61. The van der Waals surface area contributed by atoms with E-state index < -0.39 is 50.1 Å². The standard InChI is InChI=1S/C10H16N2O8.C5H8/c13-7(14)3-11(4-8(15)16)1-2-12(5-9(17)18)6-10(19)20;1-3-5-4-2/h1-6H2,(H,13,14)(H,15,16)(H,17,18)(H,19,20);3-5H,1H2,2H3. The second-order valence-electron chi connectivity index (χ2n) is 4.76. The third-order valence-electron chi connectivity index (χ3n) is 2.50. The van der Waals surface area contributed by atoms with Gasteiger partial charge in [0.2, 0.25) is 0 Å². The average molecular weight is 360 g/mol. The normalized spacial score (nSPS) is 10.4. The molecular weight excluding hydrogens is 336 g/mol. The Hall–Kier alpha value is -2.72. The summed E-state index contributed by atoms with van der Waals surface area (Å²) >= 11 is 0. The van der Waals surface area contributed by atoms with Gasteiger partial charge >= 0.3 is 23.9 Å². The van der Waals surface area contributed by atoms with E-state index in [9.17, 15) is 19.2 Å². The van der Waals surface area contributed by atoms with Crippen LogP contribution in [0.5, 0.6) is 0 Å². The number of hydrogen-bond donors (Lipinski definition) is 4. The zero-order valence-corrected chi connectivity index (χ0v) is 14.0. The van der Waals surface area contributed by atoms with Gasteiger partial charge in [-0.05, 0) is 6.92 Å². The van der Waals surface area contributed by atoms with Gasteiger partial charge in [-0.1, -0.05) is 24.8 Å². The molecule has 0 aliphatic rings. The summed E-state index contributed by atoms with van der Waals surface area (Å²) < 4.78 is 0. The second kappa shape index (κ2) is 14.8. The van der Waals surface area contributed by atoms with E-state index in [1.165, 1.54) is 0 Å². The van der Waals surface area contributed by atoms with Gasteiger partial charge in [0.05, 0.1) is 26.2 Å². The van der Waals surface area contributed by atoms with Gasteiger partial charge in [0, 0.05) is 13.1 Å². The van der Waals surface area contributed by atoms with E-state index in [2.05, 4.69) is 6.58 Å². The highest BCUT2D eigenvalue weighted by Gasteiger charge is 2.17. The van der Waals surface area contributed by atoms with Gasteiger partial charge in [-0.2, -0.15) is 0 Å². The van der Waals surface area contributed by atoms with Crippen LogP contribution in [0, 0.1) is 0 Å². The Morgan fingerprint density at radius 2 is 1.04 bits per heavy atom. The molecule has 0 aromatic carbocycles. The van der Waals surface area contributed by atoms with E-state index in [1.54, 1.807) is 6.08 Å². The first-order valence-electron chi connectivity index (χ1n) is 7.17. The molecule has 0 rings (SSSR count). The molecule has 4 N–H and O–H groups in total. The van der Waals surface area contributed by atoms with Crippen LogP contribution in [0.4, 0.5) is 0 Å². The number of hydrogen-bond acceptors (Lipinski definition) is 6.